The number of carbonyl (C=O) groups excluding carboxylic acids is 3. The van der Waals surface area contributed by atoms with Crippen LogP contribution in [0.2, 0.25) is 0 Å². The molecule has 144 valence electrons. The van der Waals surface area contributed by atoms with Crippen LogP contribution in [-0.2, 0) is 42.8 Å². The first-order valence-corrected chi connectivity index (χ1v) is 8.16. The molecule has 0 aliphatic carbocycles. The zero-order valence-corrected chi connectivity index (χ0v) is 15.2. The monoisotopic (exact) mass is 362 g/mol. The number of carbonyl (C=O) groups is 3. The summed E-state index contributed by atoms with van der Waals surface area (Å²) in [7, 11) is 0. The van der Waals surface area contributed by atoms with E-state index in [0.29, 0.717) is 6.61 Å². The molecule has 1 fully saturated rings. The van der Waals surface area contributed by atoms with Gasteiger partial charge < -0.3 is 28.4 Å². The van der Waals surface area contributed by atoms with Crippen molar-refractivity contribution in [1.29, 1.82) is 0 Å². The minimum absolute atomic E-state index is 0.0859. The maximum atomic E-state index is 11.5. The van der Waals surface area contributed by atoms with Gasteiger partial charge >= 0.3 is 17.9 Å². The van der Waals surface area contributed by atoms with Gasteiger partial charge in [0.1, 0.15) is 6.10 Å². The minimum atomic E-state index is -1.08. The maximum absolute atomic E-state index is 11.5. The van der Waals surface area contributed by atoms with E-state index >= 15 is 0 Å². The average molecular weight is 362 g/mol. The van der Waals surface area contributed by atoms with Gasteiger partial charge in [-0.15, -0.1) is 0 Å². The molecule has 9 heteroatoms. The fourth-order valence-corrected chi connectivity index (χ4v) is 2.52. The van der Waals surface area contributed by atoms with Crippen LogP contribution < -0.4 is 0 Å². The molecule has 0 aromatic carbocycles. The Bertz CT molecular complexity index is 465. The van der Waals surface area contributed by atoms with Crippen LogP contribution in [0.5, 0.6) is 0 Å². The van der Waals surface area contributed by atoms with Gasteiger partial charge in [-0.1, -0.05) is 0 Å². The highest BCUT2D eigenvalue weighted by molar-refractivity contribution is 5.68. The Kier molecular flexibility index (Phi) is 8.81. The van der Waals surface area contributed by atoms with E-state index < -0.39 is 48.6 Å². The minimum Gasteiger partial charge on any atom is -0.456 e. The summed E-state index contributed by atoms with van der Waals surface area (Å²) in [6, 6.07) is 0. The van der Waals surface area contributed by atoms with Crippen molar-refractivity contribution in [2.45, 2.75) is 65.3 Å². The first kappa shape index (κ1) is 21.3. The van der Waals surface area contributed by atoms with Gasteiger partial charge in [0, 0.05) is 34.0 Å². The third kappa shape index (κ3) is 6.60. The van der Waals surface area contributed by atoms with E-state index in [2.05, 4.69) is 0 Å². The molecule has 1 heterocycles. The zero-order chi connectivity index (χ0) is 19.0. The SMILES string of the molecule is CCOC[C@H]1O[C@H](OCC)[C@H](OC(C)=O)[C@@H](OC(C)=O)[C@@H]1OC(C)=O. The molecule has 9 nitrogen and oxygen atoms in total. The van der Waals surface area contributed by atoms with E-state index in [1.807, 2.05) is 0 Å². The highest BCUT2D eigenvalue weighted by Gasteiger charge is 2.52. The molecule has 25 heavy (non-hydrogen) atoms. The summed E-state index contributed by atoms with van der Waals surface area (Å²) in [5, 5.41) is 0. The van der Waals surface area contributed by atoms with Gasteiger partial charge in [-0.3, -0.25) is 14.4 Å². The lowest BCUT2D eigenvalue weighted by molar-refractivity contribution is -0.308. The smallest absolute Gasteiger partial charge is 0.303 e. The molecule has 0 aromatic heterocycles. The second kappa shape index (κ2) is 10.3. The van der Waals surface area contributed by atoms with Crippen molar-refractivity contribution in [2.75, 3.05) is 19.8 Å². The lowest BCUT2D eigenvalue weighted by Crippen LogP contribution is -2.62. The van der Waals surface area contributed by atoms with Crippen molar-refractivity contribution in [2.24, 2.45) is 0 Å². The van der Waals surface area contributed by atoms with E-state index in [0.717, 1.165) is 0 Å². The van der Waals surface area contributed by atoms with Crippen LogP contribution in [0.3, 0.4) is 0 Å². The Morgan fingerprint density at radius 1 is 0.800 bits per heavy atom. The number of esters is 3. The lowest BCUT2D eigenvalue weighted by atomic mass is 9.98. The van der Waals surface area contributed by atoms with Crippen LogP contribution in [0.1, 0.15) is 34.6 Å². The normalized spacial score (nSPS) is 28.9. The molecule has 5 atom stereocenters. The van der Waals surface area contributed by atoms with Gasteiger partial charge in [0.2, 0.25) is 0 Å². The van der Waals surface area contributed by atoms with Gasteiger partial charge in [0.25, 0.3) is 0 Å². The molecule has 0 N–H and O–H groups in total. The molecule has 0 radical (unpaired) electrons. The molecule has 0 amide bonds. The Morgan fingerprint density at radius 2 is 1.32 bits per heavy atom. The third-order valence-corrected chi connectivity index (χ3v) is 3.31. The number of hydrogen-bond donors (Lipinski definition) is 0. The molecule has 0 unspecified atom stereocenters. The van der Waals surface area contributed by atoms with Gasteiger partial charge in [0.05, 0.1) is 6.61 Å². The van der Waals surface area contributed by atoms with E-state index in [9.17, 15) is 14.4 Å². The van der Waals surface area contributed by atoms with Gasteiger partial charge in [-0.25, -0.2) is 0 Å². The second-order valence-corrected chi connectivity index (χ2v) is 5.38. The van der Waals surface area contributed by atoms with E-state index in [1.165, 1.54) is 20.8 Å². The van der Waals surface area contributed by atoms with Crippen molar-refractivity contribution in [3.8, 4) is 0 Å². The summed E-state index contributed by atoms with van der Waals surface area (Å²) >= 11 is 0. The van der Waals surface area contributed by atoms with E-state index in [1.54, 1.807) is 13.8 Å². The fourth-order valence-electron chi connectivity index (χ4n) is 2.52. The Hall–Kier alpha value is -1.71. The molecule has 0 aromatic rings. The topological polar surface area (TPSA) is 107 Å². The van der Waals surface area contributed by atoms with Crippen molar-refractivity contribution in [3.63, 3.8) is 0 Å². The molecule has 1 aliphatic rings. The molecular formula is C16H26O9. The molecule has 1 rings (SSSR count). The predicted molar refractivity (Wildman–Crippen MR) is 83.4 cm³/mol. The van der Waals surface area contributed by atoms with Crippen LogP contribution in [0, 0.1) is 0 Å². The van der Waals surface area contributed by atoms with Gasteiger partial charge in [0.15, 0.2) is 24.6 Å². The Balaban J connectivity index is 3.19. The lowest BCUT2D eigenvalue weighted by Gasteiger charge is -2.44. The van der Waals surface area contributed by atoms with Crippen molar-refractivity contribution >= 4 is 17.9 Å². The van der Waals surface area contributed by atoms with Crippen LogP contribution in [0.4, 0.5) is 0 Å². The number of hydrogen-bond acceptors (Lipinski definition) is 9. The molecule has 1 aliphatic heterocycles. The fraction of sp³-hybridized carbons (Fsp3) is 0.812. The maximum Gasteiger partial charge on any atom is 0.303 e. The largest absolute Gasteiger partial charge is 0.456 e. The van der Waals surface area contributed by atoms with E-state index in [4.69, 9.17) is 28.4 Å². The highest BCUT2D eigenvalue weighted by Crippen LogP contribution is 2.29. The van der Waals surface area contributed by atoms with E-state index in [-0.39, 0.29) is 13.2 Å². The summed E-state index contributed by atoms with van der Waals surface area (Å²) in [5.74, 6) is -1.82. The summed E-state index contributed by atoms with van der Waals surface area (Å²) < 4.78 is 32.4. The average Bonchev–Trinajstić information content (AvgIpc) is 2.50. The quantitative estimate of drug-likeness (QED) is 0.452. The number of ether oxygens (including phenoxy) is 6. The first-order valence-electron chi connectivity index (χ1n) is 8.16. The number of rotatable bonds is 8. The standard InChI is InChI=1S/C16H26O9/c1-6-20-8-12-13(22-9(3)17)14(23-10(4)18)15(24-11(5)19)16(25-12)21-7-2/h12-16H,6-8H2,1-5H3/t12-,13-,14+,15-,16+/m1/s1. The van der Waals surface area contributed by atoms with Gasteiger partial charge in [-0.2, -0.15) is 0 Å². The van der Waals surface area contributed by atoms with Crippen molar-refractivity contribution in [3.05, 3.63) is 0 Å². The summed E-state index contributed by atoms with van der Waals surface area (Å²) in [4.78, 5) is 34.5. The summed E-state index contributed by atoms with van der Waals surface area (Å²) in [5.41, 5.74) is 0. The second-order valence-electron chi connectivity index (χ2n) is 5.38. The Labute approximate surface area is 146 Å². The predicted octanol–water partition coefficient (Wildman–Crippen LogP) is 0.579. The van der Waals surface area contributed by atoms with Crippen molar-refractivity contribution in [1.82, 2.24) is 0 Å². The van der Waals surface area contributed by atoms with Crippen LogP contribution in [0.25, 0.3) is 0 Å². The molecule has 0 spiro atoms. The third-order valence-electron chi connectivity index (χ3n) is 3.31. The van der Waals surface area contributed by atoms with Crippen LogP contribution in [-0.4, -0.2) is 68.4 Å². The van der Waals surface area contributed by atoms with Gasteiger partial charge in [-0.05, 0) is 13.8 Å². The van der Waals surface area contributed by atoms with Crippen LogP contribution >= 0.6 is 0 Å². The summed E-state index contributed by atoms with van der Waals surface area (Å²) in [6.07, 6.45) is -4.91. The molecular weight excluding hydrogens is 336 g/mol. The highest BCUT2D eigenvalue weighted by atomic mass is 16.7. The first-order chi connectivity index (χ1) is 11.8. The molecule has 1 saturated heterocycles. The van der Waals surface area contributed by atoms with Crippen LogP contribution in [0.15, 0.2) is 0 Å². The molecule has 0 bridgehead atoms. The molecule has 0 saturated carbocycles. The zero-order valence-electron chi connectivity index (χ0n) is 15.2. The Morgan fingerprint density at radius 3 is 1.80 bits per heavy atom. The van der Waals surface area contributed by atoms with Crippen molar-refractivity contribution < 1.29 is 42.8 Å². The summed E-state index contributed by atoms with van der Waals surface area (Å²) in [6.45, 7) is 7.95.